The Morgan fingerprint density at radius 1 is 1.04 bits per heavy atom. The number of nitrogens with one attached hydrogen (secondary N) is 2. The maximum Gasteiger partial charge on any atom is 0.254 e. The van der Waals surface area contributed by atoms with Gasteiger partial charge in [-0.3, -0.25) is 9.59 Å². The molecule has 2 rings (SSSR count). The first-order chi connectivity index (χ1) is 12.5. The zero-order valence-corrected chi connectivity index (χ0v) is 15.6. The first-order valence-electron chi connectivity index (χ1n) is 8.93. The molecule has 0 radical (unpaired) electrons. The number of aromatic nitrogens is 1. The van der Waals surface area contributed by atoms with Crippen LogP contribution in [-0.4, -0.2) is 34.8 Å². The Morgan fingerprint density at radius 2 is 1.73 bits per heavy atom. The average molecular weight is 354 g/mol. The Hall–Kier alpha value is -2.89. The Kier molecular flexibility index (Phi) is 7.14. The molecule has 138 valence electrons. The van der Waals surface area contributed by atoms with E-state index in [-0.39, 0.29) is 11.8 Å². The van der Waals surface area contributed by atoms with Gasteiger partial charge in [0.05, 0.1) is 0 Å². The van der Waals surface area contributed by atoms with E-state index in [2.05, 4.69) is 29.5 Å². The normalized spacial score (nSPS) is 10.3. The van der Waals surface area contributed by atoms with Crippen LogP contribution >= 0.6 is 0 Å². The van der Waals surface area contributed by atoms with Crippen LogP contribution in [0.25, 0.3) is 0 Å². The van der Waals surface area contributed by atoms with Crippen LogP contribution in [0.2, 0.25) is 0 Å². The second-order valence-electron chi connectivity index (χ2n) is 6.11. The molecule has 1 heterocycles. The molecule has 1 aromatic heterocycles. The molecule has 0 fully saturated rings. The van der Waals surface area contributed by atoms with E-state index in [0.717, 1.165) is 31.6 Å². The molecule has 0 bridgehead atoms. The summed E-state index contributed by atoms with van der Waals surface area (Å²) in [5, 5.41) is 5.93. The predicted octanol–water partition coefficient (Wildman–Crippen LogP) is 4.05. The van der Waals surface area contributed by atoms with Crippen molar-refractivity contribution in [1.82, 2.24) is 9.88 Å². The van der Waals surface area contributed by atoms with Crippen LogP contribution in [-0.2, 0) is 4.79 Å². The third kappa shape index (κ3) is 5.58. The molecule has 0 aliphatic rings. The monoisotopic (exact) mass is 354 g/mol. The summed E-state index contributed by atoms with van der Waals surface area (Å²) in [4.78, 5) is 30.1. The van der Waals surface area contributed by atoms with Gasteiger partial charge in [-0.05, 0) is 43.2 Å². The molecule has 26 heavy (non-hydrogen) atoms. The fraction of sp³-hybridized carbons (Fsp3) is 0.350. The fourth-order valence-electron chi connectivity index (χ4n) is 2.70. The lowest BCUT2D eigenvalue weighted by molar-refractivity contribution is -0.114. The van der Waals surface area contributed by atoms with Crippen molar-refractivity contribution in [2.24, 2.45) is 0 Å². The molecule has 2 N–H and O–H groups in total. The van der Waals surface area contributed by atoms with Gasteiger partial charge in [-0.15, -0.1) is 0 Å². The van der Waals surface area contributed by atoms with Crippen molar-refractivity contribution in [2.75, 3.05) is 23.7 Å². The van der Waals surface area contributed by atoms with E-state index >= 15 is 0 Å². The summed E-state index contributed by atoms with van der Waals surface area (Å²) in [6, 6.07) is 10.8. The molecule has 0 saturated carbocycles. The molecule has 6 heteroatoms. The molecule has 0 unspecified atom stereocenters. The summed E-state index contributed by atoms with van der Waals surface area (Å²) in [6.07, 6.45) is 3.49. The highest BCUT2D eigenvalue weighted by Gasteiger charge is 2.15. The standard InChI is InChI=1S/C20H26N4O2/c1-4-11-24(12-5-2)20(26)16-9-10-21-19(13-16)23-18-8-6-7-17(14-18)22-15(3)25/h6-10,13-14H,4-5,11-12H2,1-3H3,(H,21,23)(H,22,25). The van der Waals surface area contributed by atoms with Gasteiger partial charge in [-0.2, -0.15) is 0 Å². The number of amides is 2. The fourth-order valence-corrected chi connectivity index (χ4v) is 2.70. The minimum Gasteiger partial charge on any atom is -0.340 e. The van der Waals surface area contributed by atoms with Crippen LogP contribution in [0, 0.1) is 0 Å². The van der Waals surface area contributed by atoms with Gasteiger partial charge in [-0.1, -0.05) is 19.9 Å². The summed E-state index contributed by atoms with van der Waals surface area (Å²) in [5.74, 6) is 0.481. The van der Waals surface area contributed by atoms with Gasteiger partial charge in [0, 0.05) is 43.1 Å². The maximum absolute atomic E-state index is 12.7. The Bertz CT molecular complexity index is 755. The van der Waals surface area contributed by atoms with Crippen LogP contribution in [0.1, 0.15) is 44.0 Å². The number of carbonyl (C=O) groups excluding carboxylic acids is 2. The van der Waals surface area contributed by atoms with Crippen molar-refractivity contribution in [3.63, 3.8) is 0 Å². The molecule has 2 amide bonds. The van der Waals surface area contributed by atoms with Gasteiger partial charge in [0.25, 0.3) is 5.91 Å². The quantitative estimate of drug-likeness (QED) is 0.750. The topological polar surface area (TPSA) is 74.3 Å². The molecule has 2 aromatic rings. The van der Waals surface area contributed by atoms with Gasteiger partial charge in [0.1, 0.15) is 5.82 Å². The minimum atomic E-state index is -0.125. The predicted molar refractivity (Wildman–Crippen MR) is 105 cm³/mol. The highest BCUT2D eigenvalue weighted by Crippen LogP contribution is 2.20. The second kappa shape index (κ2) is 9.56. The number of rotatable bonds is 8. The lowest BCUT2D eigenvalue weighted by atomic mass is 10.2. The number of anilines is 3. The molecular formula is C20H26N4O2. The summed E-state index contributed by atoms with van der Waals surface area (Å²) in [6.45, 7) is 7.09. The highest BCUT2D eigenvalue weighted by molar-refractivity contribution is 5.95. The van der Waals surface area contributed by atoms with Crippen LogP contribution in [0.4, 0.5) is 17.2 Å². The molecule has 0 spiro atoms. The Labute approximate surface area is 154 Å². The van der Waals surface area contributed by atoms with E-state index in [1.165, 1.54) is 6.92 Å². The smallest absolute Gasteiger partial charge is 0.254 e. The Balaban J connectivity index is 2.16. The average Bonchev–Trinajstić information content (AvgIpc) is 2.61. The zero-order chi connectivity index (χ0) is 18.9. The number of hydrogen-bond acceptors (Lipinski definition) is 4. The summed E-state index contributed by atoms with van der Waals surface area (Å²) in [7, 11) is 0. The van der Waals surface area contributed by atoms with E-state index in [1.54, 1.807) is 18.3 Å². The molecular weight excluding hydrogens is 328 g/mol. The molecule has 6 nitrogen and oxygen atoms in total. The van der Waals surface area contributed by atoms with E-state index in [9.17, 15) is 9.59 Å². The van der Waals surface area contributed by atoms with Crippen molar-refractivity contribution in [2.45, 2.75) is 33.6 Å². The van der Waals surface area contributed by atoms with E-state index in [4.69, 9.17) is 0 Å². The lowest BCUT2D eigenvalue weighted by Gasteiger charge is -2.21. The first kappa shape index (κ1) is 19.4. The Morgan fingerprint density at radius 3 is 2.38 bits per heavy atom. The third-order valence-electron chi connectivity index (χ3n) is 3.74. The number of hydrogen-bond donors (Lipinski definition) is 2. The van der Waals surface area contributed by atoms with Gasteiger partial charge < -0.3 is 15.5 Å². The van der Waals surface area contributed by atoms with E-state index in [0.29, 0.717) is 17.1 Å². The van der Waals surface area contributed by atoms with Gasteiger partial charge in [0.2, 0.25) is 5.91 Å². The molecule has 0 saturated heterocycles. The van der Waals surface area contributed by atoms with Crippen LogP contribution in [0.3, 0.4) is 0 Å². The lowest BCUT2D eigenvalue weighted by Crippen LogP contribution is -2.32. The second-order valence-corrected chi connectivity index (χ2v) is 6.11. The summed E-state index contributed by atoms with van der Waals surface area (Å²) in [5.41, 5.74) is 2.10. The van der Waals surface area contributed by atoms with Crippen LogP contribution < -0.4 is 10.6 Å². The van der Waals surface area contributed by atoms with Gasteiger partial charge >= 0.3 is 0 Å². The van der Waals surface area contributed by atoms with Crippen molar-refractivity contribution in [3.8, 4) is 0 Å². The van der Waals surface area contributed by atoms with Crippen LogP contribution in [0.5, 0.6) is 0 Å². The molecule has 0 atom stereocenters. The number of pyridine rings is 1. The van der Waals surface area contributed by atoms with E-state index in [1.807, 2.05) is 29.2 Å². The maximum atomic E-state index is 12.7. The summed E-state index contributed by atoms with van der Waals surface area (Å²) < 4.78 is 0. The van der Waals surface area contributed by atoms with Crippen molar-refractivity contribution >= 4 is 29.0 Å². The first-order valence-corrected chi connectivity index (χ1v) is 8.93. The number of nitrogens with zero attached hydrogens (tertiary/aromatic N) is 2. The number of benzene rings is 1. The third-order valence-corrected chi connectivity index (χ3v) is 3.74. The van der Waals surface area contributed by atoms with E-state index < -0.39 is 0 Å². The SMILES string of the molecule is CCCN(CCC)C(=O)c1ccnc(Nc2cccc(NC(C)=O)c2)c1. The highest BCUT2D eigenvalue weighted by atomic mass is 16.2. The molecule has 1 aromatic carbocycles. The number of carbonyl (C=O) groups is 2. The zero-order valence-electron chi connectivity index (χ0n) is 15.6. The van der Waals surface area contributed by atoms with Crippen molar-refractivity contribution in [1.29, 1.82) is 0 Å². The summed E-state index contributed by atoms with van der Waals surface area (Å²) >= 11 is 0. The van der Waals surface area contributed by atoms with Gasteiger partial charge in [-0.25, -0.2) is 4.98 Å². The van der Waals surface area contributed by atoms with Crippen LogP contribution in [0.15, 0.2) is 42.6 Å². The minimum absolute atomic E-state index is 0.0196. The van der Waals surface area contributed by atoms with Gasteiger partial charge in [0.15, 0.2) is 0 Å². The van der Waals surface area contributed by atoms with Crippen molar-refractivity contribution < 1.29 is 9.59 Å². The van der Waals surface area contributed by atoms with Crippen molar-refractivity contribution in [3.05, 3.63) is 48.2 Å². The molecule has 0 aliphatic carbocycles. The largest absolute Gasteiger partial charge is 0.340 e. The molecule has 0 aliphatic heterocycles.